The Hall–Kier alpha value is -0.990. The van der Waals surface area contributed by atoms with Gasteiger partial charge < -0.3 is 14.4 Å². The highest BCUT2D eigenvalue weighted by Crippen LogP contribution is 1.72. The van der Waals surface area contributed by atoms with Gasteiger partial charge in [-0.05, 0) is 27.7 Å². The fourth-order valence-corrected chi connectivity index (χ4v) is 0. The van der Waals surface area contributed by atoms with Crippen LogP contribution in [0.1, 0.15) is 54.4 Å². The molecule has 0 saturated heterocycles. The Bertz CT molecular complexity index is 153. The van der Waals surface area contributed by atoms with Gasteiger partial charge in [-0.25, -0.2) is 0 Å². The summed E-state index contributed by atoms with van der Waals surface area (Å²) < 4.78 is 0. The number of hydrogen-bond donors (Lipinski definition) is 0. The van der Waals surface area contributed by atoms with E-state index in [0.29, 0.717) is 12.8 Å². The van der Waals surface area contributed by atoms with E-state index in [4.69, 9.17) is 0 Å². The second-order valence-corrected chi connectivity index (χ2v) is 3.02. The molecule has 0 aliphatic heterocycles. The molecule has 3 nitrogen and oxygen atoms in total. The van der Waals surface area contributed by atoms with E-state index in [1.54, 1.807) is 13.8 Å². The molecule has 0 aromatic heterocycles. The first kappa shape index (κ1) is 18.7. The molecule has 0 heterocycles. The Balaban J connectivity index is -0.000000131. The zero-order valence-corrected chi connectivity index (χ0v) is 10.1. The summed E-state index contributed by atoms with van der Waals surface area (Å²) in [7, 11) is 0. The van der Waals surface area contributed by atoms with Crippen LogP contribution >= 0.6 is 0 Å². The summed E-state index contributed by atoms with van der Waals surface area (Å²) in [5.74, 6) is 0.676. The normalized spacial score (nSPS) is 7.29. The smallest absolute Gasteiger partial charge is 0.129 e. The van der Waals surface area contributed by atoms with Crippen LogP contribution in [0.3, 0.4) is 0 Å². The Morgan fingerprint density at radius 1 is 0.714 bits per heavy atom. The maximum atomic E-state index is 9.81. The first-order valence-electron chi connectivity index (χ1n) is 4.73. The minimum Gasteiger partial charge on any atom is -0.300 e. The zero-order valence-electron chi connectivity index (χ0n) is 10.1. The highest BCUT2D eigenvalue weighted by molar-refractivity contribution is 5.75. The lowest BCUT2D eigenvalue weighted by Gasteiger charge is -1.71. The van der Waals surface area contributed by atoms with Gasteiger partial charge in [0.15, 0.2) is 0 Å². The van der Waals surface area contributed by atoms with Gasteiger partial charge in [0.1, 0.15) is 17.3 Å². The standard InChI is InChI=1S/2C4H8O.C3H6O/c2*1-3-4(2)5;1-3(2)4/h2*3H2,1-2H3;1-2H3. The van der Waals surface area contributed by atoms with Gasteiger partial charge in [-0.3, -0.25) is 0 Å². The molecular formula is C11H22O3. The topological polar surface area (TPSA) is 51.2 Å². The van der Waals surface area contributed by atoms with E-state index in [9.17, 15) is 14.4 Å². The van der Waals surface area contributed by atoms with Crippen LogP contribution in [0.25, 0.3) is 0 Å². The molecule has 0 aliphatic carbocycles. The molecule has 0 saturated carbocycles. The van der Waals surface area contributed by atoms with E-state index in [0.717, 1.165) is 0 Å². The van der Waals surface area contributed by atoms with Crippen LogP contribution in [0.2, 0.25) is 0 Å². The first-order valence-corrected chi connectivity index (χ1v) is 4.73. The highest BCUT2D eigenvalue weighted by atomic mass is 16.1. The molecule has 0 fully saturated rings. The third-order valence-electron chi connectivity index (χ3n) is 0.996. The highest BCUT2D eigenvalue weighted by Gasteiger charge is 1.77. The Labute approximate surface area is 86.9 Å². The fraction of sp³-hybridized carbons (Fsp3) is 0.727. The van der Waals surface area contributed by atoms with Gasteiger partial charge in [0.2, 0.25) is 0 Å². The zero-order chi connectivity index (χ0) is 12.1. The van der Waals surface area contributed by atoms with Gasteiger partial charge in [0.25, 0.3) is 0 Å². The van der Waals surface area contributed by atoms with Crippen LogP contribution in [0.4, 0.5) is 0 Å². The maximum Gasteiger partial charge on any atom is 0.129 e. The number of ketones is 3. The molecule has 3 heteroatoms. The summed E-state index contributed by atoms with van der Waals surface area (Å²) >= 11 is 0. The maximum absolute atomic E-state index is 9.81. The van der Waals surface area contributed by atoms with E-state index in [1.165, 1.54) is 13.8 Å². The number of hydrogen-bond acceptors (Lipinski definition) is 3. The first-order chi connectivity index (χ1) is 6.27. The lowest BCUT2D eigenvalue weighted by Crippen LogP contribution is -1.80. The molecule has 0 rings (SSSR count). The van der Waals surface area contributed by atoms with Crippen molar-refractivity contribution < 1.29 is 14.4 Å². The minimum atomic E-state index is 0.167. The van der Waals surface area contributed by atoms with Gasteiger partial charge >= 0.3 is 0 Å². The van der Waals surface area contributed by atoms with Crippen LogP contribution < -0.4 is 0 Å². The van der Waals surface area contributed by atoms with E-state index < -0.39 is 0 Å². The summed E-state index contributed by atoms with van der Waals surface area (Å²) in [5.41, 5.74) is 0. The second kappa shape index (κ2) is 14.5. The number of rotatable bonds is 2. The second-order valence-electron chi connectivity index (χ2n) is 3.02. The van der Waals surface area contributed by atoms with Crippen molar-refractivity contribution in [2.75, 3.05) is 0 Å². The Kier molecular flexibility index (Phi) is 19.4. The molecule has 0 amide bonds. The molecule has 0 aromatic rings. The number of Topliss-reactive ketones (excluding diaryl/α,β-unsaturated/α-hetero) is 3. The van der Waals surface area contributed by atoms with Gasteiger partial charge in [-0.1, -0.05) is 13.8 Å². The molecule has 0 spiro atoms. The average molecular weight is 202 g/mol. The third kappa shape index (κ3) is 122. The SMILES string of the molecule is CC(C)=O.CCC(C)=O.CCC(C)=O. The van der Waals surface area contributed by atoms with Crippen molar-refractivity contribution in [3.05, 3.63) is 0 Å². The number of carbonyl (C=O) groups excluding carboxylic acids is 3. The van der Waals surface area contributed by atoms with E-state index in [1.807, 2.05) is 13.8 Å². The summed E-state index contributed by atoms with van der Waals surface area (Å²) in [6.45, 7) is 9.92. The van der Waals surface area contributed by atoms with Gasteiger partial charge in [0, 0.05) is 12.8 Å². The molecule has 14 heavy (non-hydrogen) atoms. The quantitative estimate of drug-likeness (QED) is 0.691. The van der Waals surface area contributed by atoms with Crippen molar-refractivity contribution in [1.82, 2.24) is 0 Å². The van der Waals surface area contributed by atoms with Crippen molar-refractivity contribution in [1.29, 1.82) is 0 Å². The molecule has 0 unspecified atom stereocenters. The lowest BCUT2D eigenvalue weighted by molar-refractivity contribution is -0.117. The molecule has 0 aromatic carbocycles. The fourth-order valence-electron chi connectivity index (χ4n) is 0. The summed E-state index contributed by atoms with van der Waals surface area (Å²) in [6, 6.07) is 0. The molecule has 0 aliphatic rings. The van der Waals surface area contributed by atoms with E-state index in [2.05, 4.69) is 0 Å². The van der Waals surface area contributed by atoms with Crippen molar-refractivity contribution in [3.8, 4) is 0 Å². The van der Waals surface area contributed by atoms with Crippen molar-refractivity contribution in [3.63, 3.8) is 0 Å². The van der Waals surface area contributed by atoms with Crippen LogP contribution in [-0.4, -0.2) is 17.3 Å². The average Bonchev–Trinajstić information content (AvgIpc) is 2.04. The molecule has 0 atom stereocenters. The van der Waals surface area contributed by atoms with Crippen molar-refractivity contribution in [2.24, 2.45) is 0 Å². The van der Waals surface area contributed by atoms with Gasteiger partial charge in [-0.15, -0.1) is 0 Å². The van der Waals surface area contributed by atoms with Gasteiger partial charge in [0.05, 0.1) is 0 Å². The number of carbonyl (C=O) groups is 3. The van der Waals surface area contributed by atoms with E-state index >= 15 is 0 Å². The largest absolute Gasteiger partial charge is 0.300 e. The Morgan fingerprint density at radius 2 is 0.786 bits per heavy atom. The van der Waals surface area contributed by atoms with E-state index in [-0.39, 0.29) is 17.3 Å². The van der Waals surface area contributed by atoms with Crippen molar-refractivity contribution >= 4 is 17.3 Å². The lowest BCUT2D eigenvalue weighted by atomic mass is 10.4. The van der Waals surface area contributed by atoms with Gasteiger partial charge in [-0.2, -0.15) is 0 Å². The molecule has 0 N–H and O–H groups in total. The monoisotopic (exact) mass is 202 g/mol. The molecule has 0 bridgehead atoms. The predicted octanol–water partition coefficient (Wildman–Crippen LogP) is 2.57. The Morgan fingerprint density at radius 3 is 0.786 bits per heavy atom. The predicted molar refractivity (Wildman–Crippen MR) is 58.3 cm³/mol. The third-order valence-corrected chi connectivity index (χ3v) is 0.996. The van der Waals surface area contributed by atoms with Crippen LogP contribution in [0, 0.1) is 0 Å². The minimum absolute atomic E-state index is 0.167. The van der Waals surface area contributed by atoms with Crippen molar-refractivity contribution in [2.45, 2.75) is 54.4 Å². The van der Waals surface area contributed by atoms with Crippen LogP contribution in [0.15, 0.2) is 0 Å². The molecule has 0 radical (unpaired) electrons. The summed E-state index contributed by atoms with van der Waals surface area (Å²) in [5, 5.41) is 0. The van der Waals surface area contributed by atoms with Crippen LogP contribution in [-0.2, 0) is 14.4 Å². The van der Waals surface area contributed by atoms with Crippen LogP contribution in [0.5, 0.6) is 0 Å². The summed E-state index contributed by atoms with van der Waals surface area (Å²) in [6.07, 6.45) is 1.33. The molecule has 84 valence electrons. The summed E-state index contributed by atoms with van der Waals surface area (Å²) in [4.78, 5) is 29.1. The molecular weight excluding hydrogens is 180 g/mol.